The fourth-order valence-electron chi connectivity index (χ4n) is 2.34. The molecule has 2 atom stereocenters. The Morgan fingerprint density at radius 1 is 1.35 bits per heavy atom. The van der Waals surface area contributed by atoms with Gasteiger partial charge in [0.1, 0.15) is 6.10 Å². The largest absolute Gasteiger partial charge is 0.386 e. The van der Waals surface area contributed by atoms with E-state index in [2.05, 4.69) is 19.9 Å². The van der Waals surface area contributed by atoms with Crippen molar-refractivity contribution in [1.82, 2.24) is 0 Å². The van der Waals surface area contributed by atoms with E-state index in [0.29, 0.717) is 5.92 Å². The number of fused-ring (bicyclic) bond motifs is 1. The molecule has 0 amide bonds. The lowest BCUT2D eigenvalue weighted by Gasteiger charge is -2.30. The van der Waals surface area contributed by atoms with E-state index in [4.69, 9.17) is 4.74 Å². The van der Waals surface area contributed by atoms with Crippen molar-refractivity contribution < 1.29 is 9.84 Å². The van der Waals surface area contributed by atoms with Gasteiger partial charge in [-0.2, -0.15) is 0 Å². The van der Waals surface area contributed by atoms with Gasteiger partial charge in [0.05, 0.1) is 6.10 Å². The first-order valence-corrected chi connectivity index (χ1v) is 6.56. The molecule has 2 unspecified atom stereocenters. The van der Waals surface area contributed by atoms with Crippen molar-refractivity contribution >= 4 is 0 Å². The zero-order valence-corrected chi connectivity index (χ0v) is 10.7. The molecule has 94 valence electrons. The van der Waals surface area contributed by atoms with Crippen molar-refractivity contribution in [3.8, 4) is 0 Å². The molecule has 0 heterocycles. The molecule has 0 saturated carbocycles. The summed E-state index contributed by atoms with van der Waals surface area (Å²) in [6.45, 7) is 5.13. The normalized spacial score (nSPS) is 23.8. The van der Waals surface area contributed by atoms with Crippen LogP contribution in [-0.4, -0.2) is 17.8 Å². The van der Waals surface area contributed by atoms with Crippen LogP contribution in [0.3, 0.4) is 0 Å². The van der Waals surface area contributed by atoms with Gasteiger partial charge in [-0.3, -0.25) is 0 Å². The Labute approximate surface area is 104 Å². The van der Waals surface area contributed by atoms with Gasteiger partial charge in [-0.25, -0.2) is 0 Å². The molecular weight excluding hydrogens is 212 g/mol. The number of rotatable bonds is 4. The highest BCUT2D eigenvalue weighted by Crippen LogP contribution is 2.31. The van der Waals surface area contributed by atoms with E-state index in [1.807, 2.05) is 18.2 Å². The van der Waals surface area contributed by atoms with E-state index in [1.165, 1.54) is 5.56 Å². The molecule has 1 N–H and O–H groups in total. The summed E-state index contributed by atoms with van der Waals surface area (Å²) in [6.07, 6.45) is 2.52. The third-order valence-corrected chi connectivity index (χ3v) is 3.45. The minimum absolute atomic E-state index is 0.0244. The standard InChI is InChI=1S/C15H22O2/c1-11(2)9-10-17-14-8-7-12-5-3-4-6-13(12)15(14)16/h3-6,11,14-16H,7-10H2,1-2H3. The van der Waals surface area contributed by atoms with Gasteiger partial charge in [0.15, 0.2) is 0 Å². The molecule has 17 heavy (non-hydrogen) atoms. The van der Waals surface area contributed by atoms with Gasteiger partial charge in [0, 0.05) is 6.61 Å². The van der Waals surface area contributed by atoms with Crippen LogP contribution in [0.1, 0.15) is 43.9 Å². The van der Waals surface area contributed by atoms with Crippen molar-refractivity contribution in [3.63, 3.8) is 0 Å². The lowest BCUT2D eigenvalue weighted by atomic mass is 9.87. The molecule has 0 saturated heterocycles. The second-order valence-corrected chi connectivity index (χ2v) is 5.27. The second kappa shape index (κ2) is 5.65. The fourth-order valence-corrected chi connectivity index (χ4v) is 2.34. The van der Waals surface area contributed by atoms with Crippen LogP contribution in [-0.2, 0) is 11.2 Å². The van der Waals surface area contributed by atoms with Crippen molar-refractivity contribution in [2.24, 2.45) is 5.92 Å². The average molecular weight is 234 g/mol. The number of aryl methyl sites for hydroxylation is 1. The monoisotopic (exact) mass is 234 g/mol. The van der Waals surface area contributed by atoms with Crippen LogP contribution >= 0.6 is 0 Å². The summed E-state index contributed by atoms with van der Waals surface area (Å²) in [5, 5.41) is 10.3. The van der Waals surface area contributed by atoms with Crippen LogP contribution in [0.2, 0.25) is 0 Å². The predicted molar refractivity (Wildman–Crippen MR) is 68.9 cm³/mol. The van der Waals surface area contributed by atoms with E-state index in [9.17, 15) is 5.11 Å². The first-order valence-electron chi connectivity index (χ1n) is 6.56. The Bertz CT molecular complexity index is 360. The first kappa shape index (κ1) is 12.6. The van der Waals surface area contributed by atoms with Crippen LogP contribution in [0, 0.1) is 5.92 Å². The zero-order valence-electron chi connectivity index (χ0n) is 10.7. The van der Waals surface area contributed by atoms with E-state index >= 15 is 0 Å². The lowest BCUT2D eigenvalue weighted by Crippen LogP contribution is -2.28. The highest BCUT2D eigenvalue weighted by molar-refractivity contribution is 5.32. The molecule has 2 nitrogen and oxygen atoms in total. The average Bonchev–Trinajstić information content (AvgIpc) is 2.32. The van der Waals surface area contributed by atoms with Crippen molar-refractivity contribution in [1.29, 1.82) is 0 Å². The Kier molecular flexibility index (Phi) is 4.19. The van der Waals surface area contributed by atoms with Crippen LogP contribution in [0.15, 0.2) is 24.3 Å². The minimum atomic E-state index is -0.452. The van der Waals surface area contributed by atoms with Crippen LogP contribution in [0.4, 0.5) is 0 Å². The zero-order chi connectivity index (χ0) is 12.3. The van der Waals surface area contributed by atoms with Gasteiger partial charge in [0.25, 0.3) is 0 Å². The molecule has 1 aromatic rings. The molecule has 0 aliphatic heterocycles. The lowest BCUT2D eigenvalue weighted by molar-refractivity contribution is -0.0510. The number of aliphatic hydroxyl groups is 1. The summed E-state index contributed by atoms with van der Waals surface area (Å²) >= 11 is 0. The molecule has 0 fully saturated rings. The van der Waals surface area contributed by atoms with Gasteiger partial charge < -0.3 is 9.84 Å². The summed E-state index contributed by atoms with van der Waals surface area (Å²) in [6, 6.07) is 8.13. The van der Waals surface area contributed by atoms with E-state index in [1.54, 1.807) is 0 Å². The number of ether oxygens (including phenoxy) is 1. The molecule has 2 rings (SSSR count). The fraction of sp³-hybridized carbons (Fsp3) is 0.600. The maximum absolute atomic E-state index is 10.3. The Balaban J connectivity index is 1.95. The third-order valence-electron chi connectivity index (χ3n) is 3.45. The number of aliphatic hydroxyl groups excluding tert-OH is 1. The first-order chi connectivity index (χ1) is 8.18. The highest BCUT2D eigenvalue weighted by atomic mass is 16.5. The summed E-state index contributed by atoms with van der Waals surface area (Å²) in [4.78, 5) is 0. The van der Waals surface area contributed by atoms with Crippen LogP contribution < -0.4 is 0 Å². The summed E-state index contributed by atoms with van der Waals surface area (Å²) in [5.41, 5.74) is 2.32. The third kappa shape index (κ3) is 3.08. The van der Waals surface area contributed by atoms with E-state index in [-0.39, 0.29) is 6.10 Å². The number of hydrogen-bond acceptors (Lipinski definition) is 2. The van der Waals surface area contributed by atoms with Crippen molar-refractivity contribution in [2.75, 3.05) is 6.61 Å². The molecular formula is C15H22O2. The summed E-state index contributed by atoms with van der Waals surface area (Å²) in [7, 11) is 0. The molecule has 0 bridgehead atoms. The quantitative estimate of drug-likeness (QED) is 0.867. The van der Waals surface area contributed by atoms with Gasteiger partial charge in [-0.1, -0.05) is 38.1 Å². The van der Waals surface area contributed by atoms with Crippen molar-refractivity contribution in [2.45, 2.75) is 45.3 Å². The Morgan fingerprint density at radius 3 is 2.88 bits per heavy atom. The number of benzene rings is 1. The summed E-state index contributed by atoms with van der Waals surface area (Å²) in [5.74, 6) is 0.656. The van der Waals surface area contributed by atoms with Crippen molar-refractivity contribution in [3.05, 3.63) is 35.4 Å². The van der Waals surface area contributed by atoms with E-state index < -0.39 is 6.10 Å². The van der Waals surface area contributed by atoms with Gasteiger partial charge in [0.2, 0.25) is 0 Å². The molecule has 0 radical (unpaired) electrons. The van der Waals surface area contributed by atoms with Crippen LogP contribution in [0.5, 0.6) is 0 Å². The Hall–Kier alpha value is -0.860. The minimum Gasteiger partial charge on any atom is -0.386 e. The number of hydrogen-bond donors (Lipinski definition) is 1. The molecule has 2 heteroatoms. The predicted octanol–water partition coefficient (Wildman–Crippen LogP) is 3.10. The van der Waals surface area contributed by atoms with Gasteiger partial charge in [-0.15, -0.1) is 0 Å². The van der Waals surface area contributed by atoms with E-state index in [0.717, 1.165) is 31.4 Å². The summed E-state index contributed by atoms with van der Waals surface area (Å²) < 4.78 is 5.81. The molecule has 1 aliphatic carbocycles. The molecule has 1 aliphatic rings. The molecule has 0 spiro atoms. The van der Waals surface area contributed by atoms with Gasteiger partial charge in [-0.05, 0) is 36.3 Å². The van der Waals surface area contributed by atoms with Crippen LogP contribution in [0.25, 0.3) is 0 Å². The smallest absolute Gasteiger partial charge is 0.105 e. The second-order valence-electron chi connectivity index (χ2n) is 5.27. The maximum atomic E-state index is 10.3. The highest BCUT2D eigenvalue weighted by Gasteiger charge is 2.27. The maximum Gasteiger partial charge on any atom is 0.105 e. The molecule has 0 aromatic heterocycles. The van der Waals surface area contributed by atoms with Gasteiger partial charge >= 0.3 is 0 Å². The topological polar surface area (TPSA) is 29.5 Å². The SMILES string of the molecule is CC(C)CCOC1CCc2ccccc2C1O. The Morgan fingerprint density at radius 2 is 2.12 bits per heavy atom. The molecule has 1 aromatic carbocycles.